The van der Waals surface area contributed by atoms with E-state index >= 15 is 0 Å². The predicted molar refractivity (Wildman–Crippen MR) is 106 cm³/mol. The van der Waals surface area contributed by atoms with Crippen LogP contribution in [0, 0.1) is 20.2 Å². The lowest BCUT2D eigenvalue weighted by molar-refractivity contribution is -0.385. The highest BCUT2D eigenvalue weighted by atomic mass is 16.6. The number of imide groups is 1. The first-order valence-electron chi connectivity index (χ1n) is 9.00. The lowest BCUT2D eigenvalue weighted by Gasteiger charge is -2.14. The second-order valence-corrected chi connectivity index (χ2v) is 6.54. The molecule has 0 radical (unpaired) electrons. The molecule has 3 amide bonds. The fourth-order valence-electron chi connectivity index (χ4n) is 3.10. The molecule has 0 unspecified atom stereocenters. The number of hydrogen-bond donors (Lipinski definition) is 1. The number of carbonyl (C=O) groups is 3. The van der Waals surface area contributed by atoms with Crippen LogP contribution >= 0.6 is 0 Å². The lowest BCUT2D eigenvalue weighted by Crippen LogP contribution is -2.31. The quantitative estimate of drug-likeness (QED) is 0.381. The third-order valence-electron chi connectivity index (χ3n) is 4.62. The summed E-state index contributed by atoms with van der Waals surface area (Å²) in [5.74, 6) is -1.56. The molecule has 0 atom stereocenters. The molecule has 0 bridgehead atoms. The van der Waals surface area contributed by atoms with Crippen LogP contribution in [0.1, 0.15) is 33.6 Å². The minimum Gasteiger partial charge on any atom is -0.494 e. The number of fused-ring (bicyclic) bond motifs is 1. The van der Waals surface area contributed by atoms with Gasteiger partial charge in [0, 0.05) is 31.2 Å². The van der Waals surface area contributed by atoms with Crippen molar-refractivity contribution in [2.45, 2.75) is 12.8 Å². The summed E-state index contributed by atoms with van der Waals surface area (Å²) >= 11 is 0. The van der Waals surface area contributed by atoms with Gasteiger partial charge in [0.05, 0.1) is 39.8 Å². The summed E-state index contributed by atoms with van der Waals surface area (Å²) in [6.45, 7) is -0.0506. The van der Waals surface area contributed by atoms with E-state index in [1.165, 1.54) is 31.4 Å². The van der Waals surface area contributed by atoms with Crippen LogP contribution in [0.2, 0.25) is 0 Å². The van der Waals surface area contributed by atoms with Crippen LogP contribution < -0.4 is 10.1 Å². The molecule has 12 nitrogen and oxygen atoms in total. The second kappa shape index (κ2) is 8.57. The predicted octanol–water partition coefficient (Wildman–Crippen LogP) is 2.53. The number of hydrogen-bond acceptors (Lipinski definition) is 8. The Balaban J connectivity index is 1.60. The molecule has 31 heavy (non-hydrogen) atoms. The molecule has 3 rings (SSSR count). The van der Waals surface area contributed by atoms with Crippen molar-refractivity contribution in [3.05, 3.63) is 67.8 Å². The van der Waals surface area contributed by atoms with Gasteiger partial charge in [-0.15, -0.1) is 0 Å². The van der Waals surface area contributed by atoms with Gasteiger partial charge in [-0.05, 0) is 18.6 Å². The SMILES string of the molecule is COc1cc([N+](=O)[O-])ccc1NC(=O)CCCN1C(=O)c2ccc([N+](=O)[O-])cc2C1=O. The number of nitrogens with zero attached hydrogens (tertiary/aromatic N) is 3. The summed E-state index contributed by atoms with van der Waals surface area (Å²) in [5, 5.41) is 24.3. The van der Waals surface area contributed by atoms with Crippen molar-refractivity contribution in [3.8, 4) is 5.75 Å². The number of anilines is 1. The molecule has 0 aliphatic carbocycles. The molecule has 0 saturated heterocycles. The van der Waals surface area contributed by atoms with Gasteiger partial charge in [-0.2, -0.15) is 0 Å². The van der Waals surface area contributed by atoms with E-state index in [4.69, 9.17) is 4.74 Å². The molecule has 0 fully saturated rings. The highest BCUT2D eigenvalue weighted by molar-refractivity contribution is 6.21. The van der Waals surface area contributed by atoms with Gasteiger partial charge >= 0.3 is 0 Å². The summed E-state index contributed by atoms with van der Waals surface area (Å²) < 4.78 is 5.05. The van der Waals surface area contributed by atoms with Crippen LogP contribution in [0.5, 0.6) is 5.75 Å². The Labute approximate surface area is 174 Å². The number of nitrogens with one attached hydrogen (secondary N) is 1. The number of nitro groups is 2. The van der Waals surface area contributed by atoms with Crippen molar-refractivity contribution < 1.29 is 29.0 Å². The second-order valence-electron chi connectivity index (χ2n) is 6.54. The zero-order chi connectivity index (χ0) is 22.7. The summed E-state index contributed by atoms with van der Waals surface area (Å²) in [5.41, 5.74) is -0.208. The number of benzene rings is 2. The van der Waals surface area contributed by atoms with E-state index < -0.39 is 27.6 Å². The number of amides is 3. The van der Waals surface area contributed by atoms with Crippen molar-refractivity contribution >= 4 is 34.8 Å². The first kappa shape index (κ1) is 21.4. The summed E-state index contributed by atoms with van der Waals surface area (Å²) in [6.07, 6.45) is 0.0996. The van der Waals surface area contributed by atoms with Gasteiger partial charge in [0.15, 0.2) is 0 Å². The van der Waals surface area contributed by atoms with Crippen LogP contribution in [-0.2, 0) is 4.79 Å². The van der Waals surface area contributed by atoms with Gasteiger partial charge in [-0.3, -0.25) is 39.5 Å². The van der Waals surface area contributed by atoms with Gasteiger partial charge in [0.2, 0.25) is 5.91 Å². The van der Waals surface area contributed by atoms with E-state index in [1.54, 1.807) is 0 Å². The minimum absolute atomic E-state index is 0.0423. The molecular formula is C19H16N4O8. The van der Waals surface area contributed by atoms with Gasteiger partial charge in [0.25, 0.3) is 23.2 Å². The first-order chi connectivity index (χ1) is 14.7. The van der Waals surface area contributed by atoms with Crippen molar-refractivity contribution in [3.63, 3.8) is 0 Å². The molecule has 1 heterocycles. The number of methoxy groups -OCH3 is 1. The Kier molecular flexibility index (Phi) is 5.90. The van der Waals surface area contributed by atoms with Gasteiger partial charge in [-0.1, -0.05) is 0 Å². The highest BCUT2D eigenvalue weighted by Crippen LogP contribution is 2.29. The number of carbonyl (C=O) groups excluding carboxylic acids is 3. The maximum atomic E-state index is 12.4. The molecular weight excluding hydrogens is 412 g/mol. The number of non-ortho nitro benzene ring substituents is 2. The van der Waals surface area contributed by atoms with Crippen molar-refractivity contribution in [1.29, 1.82) is 0 Å². The molecule has 1 N–H and O–H groups in total. The van der Waals surface area contributed by atoms with E-state index in [0.29, 0.717) is 0 Å². The molecule has 1 aliphatic heterocycles. The Bertz CT molecular complexity index is 1110. The molecule has 0 saturated carbocycles. The maximum Gasteiger partial charge on any atom is 0.273 e. The van der Waals surface area contributed by atoms with Gasteiger partial charge < -0.3 is 10.1 Å². The molecule has 2 aromatic rings. The molecule has 160 valence electrons. The molecule has 0 spiro atoms. The lowest BCUT2D eigenvalue weighted by atomic mass is 10.1. The zero-order valence-corrected chi connectivity index (χ0v) is 16.2. The molecule has 2 aromatic carbocycles. The Morgan fingerprint density at radius 3 is 2.26 bits per heavy atom. The summed E-state index contributed by atoms with van der Waals surface area (Å²) in [6, 6.07) is 7.18. The average Bonchev–Trinajstić information content (AvgIpc) is 2.98. The summed E-state index contributed by atoms with van der Waals surface area (Å²) in [4.78, 5) is 58.4. The van der Waals surface area contributed by atoms with Crippen molar-refractivity contribution in [2.75, 3.05) is 19.0 Å². The van der Waals surface area contributed by atoms with Crippen molar-refractivity contribution in [1.82, 2.24) is 4.90 Å². The van der Waals surface area contributed by atoms with E-state index in [1.807, 2.05) is 0 Å². The van der Waals surface area contributed by atoms with Gasteiger partial charge in [-0.25, -0.2) is 0 Å². The topological polar surface area (TPSA) is 162 Å². The number of rotatable bonds is 8. The largest absolute Gasteiger partial charge is 0.494 e. The van der Waals surface area contributed by atoms with E-state index in [9.17, 15) is 34.6 Å². The maximum absolute atomic E-state index is 12.4. The highest BCUT2D eigenvalue weighted by Gasteiger charge is 2.36. The third-order valence-corrected chi connectivity index (χ3v) is 4.62. The van der Waals surface area contributed by atoms with Crippen LogP contribution in [0.15, 0.2) is 36.4 Å². The fourth-order valence-corrected chi connectivity index (χ4v) is 3.10. The average molecular weight is 428 g/mol. The Morgan fingerprint density at radius 2 is 1.61 bits per heavy atom. The van der Waals surface area contributed by atoms with E-state index in [-0.39, 0.29) is 53.3 Å². The third kappa shape index (κ3) is 4.32. The first-order valence-corrected chi connectivity index (χ1v) is 9.00. The van der Waals surface area contributed by atoms with Crippen molar-refractivity contribution in [2.24, 2.45) is 0 Å². The monoisotopic (exact) mass is 428 g/mol. The Morgan fingerprint density at radius 1 is 1.00 bits per heavy atom. The van der Waals surface area contributed by atoms with Gasteiger partial charge in [0.1, 0.15) is 5.75 Å². The van der Waals surface area contributed by atoms with Crippen LogP contribution in [0.4, 0.5) is 17.1 Å². The zero-order valence-electron chi connectivity index (χ0n) is 16.2. The number of nitro benzene ring substituents is 2. The van der Waals surface area contributed by atoms with Crippen LogP contribution in [0.25, 0.3) is 0 Å². The standard InChI is InChI=1S/C19H16N4O8/c1-31-16-10-12(23(29)30)5-7-15(16)20-17(24)3-2-8-21-18(25)13-6-4-11(22(27)28)9-14(13)19(21)26/h4-7,9-10H,2-3,8H2,1H3,(H,20,24). The smallest absolute Gasteiger partial charge is 0.273 e. The Hall–Kier alpha value is -4.35. The van der Waals surface area contributed by atoms with Crippen LogP contribution in [0.3, 0.4) is 0 Å². The normalized spacial score (nSPS) is 12.5. The van der Waals surface area contributed by atoms with E-state index in [2.05, 4.69) is 5.32 Å². The fraction of sp³-hybridized carbons (Fsp3) is 0.211. The molecule has 1 aliphatic rings. The number of ether oxygens (including phenoxy) is 1. The molecule has 12 heteroatoms. The van der Waals surface area contributed by atoms with E-state index in [0.717, 1.165) is 17.0 Å². The van der Waals surface area contributed by atoms with Crippen LogP contribution in [-0.4, -0.2) is 46.1 Å². The minimum atomic E-state index is -0.655. The summed E-state index contributed by atoms with van der Waals surface area (Å²) in [7, 11) is 1.31. The molecule has 0 aromatic heterocycles.